The van der Waals surface area contributed by atoms with Crippen LogP contribution in [0.4, 0.5) is 5.69 Å². The second kappa shape index (κ2) is 6.77. The van der Waals surface area contributed by atoms with E-state index in [0.717, 1.165) is 11.1 Å². The molecule has 6 heteroatoms. The molecule has 0 amide bonds. The molecule has 0 atom stereocenters. The van der Waals surface area contributed by atoms with Gasteiger partial charge in [0.05, 0.1) is 11.0 Å². The Balaban J connectivity index is 2.44. The first kappa shape index (κ1) is 16.3. The normalized spacial score (nSPS) is 11.3. The van der Waals surface area contributed by atoms with Gasteiger partial charge in [-0.15, -0.1) is 0 Å². The first-order valence-electron chi connectivity index (χ1n) is 7.03. The van der Waals surface area contributed by atoms with Crippen molar-refractivity contribution in [3.8, 4) is 6.07 Å². The lowest BCUT2D eigenvalue weighted by Crippen LogP contribution is -2.25. The summed E-state index contributed by atoms with van der Waals surface area (Å²) >= 11 is 0. The predicted molar refractivity (Wildman–Crippen MR) is 88.3 cm³/mol. The molecular formula is C16H19N3O2S. The van der Waals surface area contributed by atoms with Crippen molar-refractivity contribution in [1.29, 1.82) is 5.26 Å². The number of benzene rings is 2. The number of rotatable bonds is 6. The van der Waals surface area contributed by atoms with Crippen LogP contribution in [-0.4, -0.2) is 29.1 Å². The monoisotopic (exact) mass is 317 g/mol. The number of unbranched alkanes of at least 4 members (excludes halogenated alkanes) is 1. The van der Waals surface area contributed by atoms with Crippen LogP contribution in [0.25, 0.3) is 10.8 Å². The van der Waals surface area contributed by atoms with Crippen molar-refractivity contribution in [1.82, 2.24) is 4.72 Å². The first-order chi connectivity index (χ1) is 10.5. The highest BCUT2D eigenvalue weighted by Crippen LogP contribution is 2.29. The van der Waals surface area contributed by atoms with Gasteiger partial charge in [0.1, 0.15) is 0 Å². The van der Waals surface area contributed by atoms with Gasteiger partial charge in [-0.3, -0.25) is 0 Å². The molecule has 1 N–H and O–H groups in total. The molecule has 0 aliphatic rings. The molecule has 0 fully saturated rings. The second-order valence-electron chi connectivity index (χ2n) is 5.18. The summed E-state index contributed by atoms with van der Waals surface area (Å²) < 4.78 is 27.5. The molecule has 0 aliphatic carbocycles. The minimum atomic E-state index is -3.59. The van der Waals surface area contributed by atoms with Crippen molar-refractivity contribution < 1.29 is 8.42 Å². The van der Waals surface area contributed by atoms with E-state index >= 15 is 0 Å². The maximum absolute atomic E-state index is 12.5. The van der Waals surface area contributed by atoms with Crippen molar-refractivity contribution >= 4 is 26.5 Å². The Morgan fingerprint density at radius 1 is 1.14 bits per heavy atom. The molecule has 0 radical (unpaired) electrons. The van der Waals surface area contributed by atoms with E-state index in [1.54, 1.807) is 12.1 Å². The number of anilines is 1. The largest absolute Gasteiger partial charge is 0.377 e. The molecule has 0 saturated heterocycles. The molecule has 0 aliphatic heterocycles. The van der Waals surface area contributed by atoms with Gasteiger partial charge in [0.15, 0.2) is 0 Å². The van der Waals surface area contributed by atoms with E-state index in [4.69, 9.17) is 5.26 Å². The fraction of sp³-hybridized carbons (Fsp3) is 0.312. The third kappa shape index (κ3) is 3.38. The summed E-state index contributed by atoms with van der Waals surface area (Å²) in [4.78, 5) is 2.23. The number of hydrogen-bond acceptors (Lipinski definition) is 4. The van der Waals surface area contributed by atoms with Crippen molar-refractivity contribution in [3.63, 3.8) is 0 Å². The van der Waals surface area contributed by atoms with Crippen molar-refractivity contribution in [2.24, 2.45) is 0 Å². The predicted octanol–water partition coefficient (Wildman–Crippen LogP) is 2.49. The molecule has 0 saturated carbocycles. The van der Waals surface area contributed by atoms with Crippen LogP contribution in [0.15, 0.2) is 41.3 Å². The Morgan fingerprint density at radius 2 is 1.82 bits per heavy atom. The van der Waals surface area contributed by atoms with E-state index in [0.29, 0.717) is 18.2 Å². The van der Waals surface area contributed by atoms with Gasteiger partial charge >= 0.3 is 0 Å². The highest BCUT2D eigenvalue weighted by Gasteiger charge is 2.17. The number of nitrogens with one attached hydrogen (secondary N) is 1. The van der Waals surface area contributed by atoms with E-state index in [9.17, 15) is 8.42 Å². The summed E-state index contributed by atoms with van der Waals surface area (Å²) in [5.41, 5.74) is 0.971. The minimum absolute atomic E-state index is 0.264. The molecule has 5 nitrogen and oxygen atoms in total. The fourth-order valence-corrected chi connectivity index (χ4v) is 3.63. The van der Waals surface area contributed by atoms with Crippen molar-refractivity contribution in [2.75, 3.05) is 25.5 Å². The summed E-state index contributed by atoms with van der Waals surface area (Å²) in [6.07, 6.45) is 0.840. The van der Waals surface area contributed by atoms with Gasteiger partial charge in [-0.05, 0) is 18.6 Å². The quantitative estimate of drug-likeness (QED) is 0.831. The Morgan fingerprint density at radius 3 is 2.50 bits per heavy atom. The van der Waals surface area contributed by atoms with E-state index in [-0.39, 0.29) is 11.4 Å². The number of sulfonamides is 1. The SMILES string of the molecule is CN(C)c1cccc2c(S(=O)(=O)NCCCC#N)cccc12. The zero-order valence-corrected chi connectivity index (χ0v) is 13.5. The molecule has 0 aromatic heterocycles. The first-order valence-corrected chi connectivity index (χ1v) is 8.51. The van der Waals surface area contributed by atoms with Gasteiger partial charge in [0.2, 0.25) is 10.0 Å². The van der Waals surface area contributed by atoms with Crippen LogP contribution in [0.1, 0.15) is 12.8 Å². The summed E-state index contributed by atoms with van der Waals surface area (Å²) in [6.45, 7) is 0.264. The standard InChI is InChI=1S/C16H19N3O2S/c1-19(2)15-9-5-8-14-13(15)7-6-10-16(14)22(20,21)18-12-4-3-11-17/h5-10,18H,3-4,12H2,1-2H3. The smallest absolute Gasteiger partial charge is 0.241 e. The Bertz CT molecular complexity index is 808. The molecule has 2 aromatic carbocycles. The van der Waals surface area contributed by atoms with Crippen LogP contribution in [-0.2, 0) is 10.0 Å². The zero-order chi connectivity index (χ0) is 16.2. The van der Waals surface area contributed by atoms with Crippen molar-refractivity contribution in [3.05, 3.63) is 36.4 Å². The average molecular weight is 317 g/mol. The second-order valence-corrected chi connectivity index (χ2v) is 6.92. The third-order valence-corrected chi connectivity index (χ3v) is 4.91. The van der Waals surface area contributed by atoms with Crippen LogP contribution in [0.2, 0.25) is 0 Å². The third-order valence-electron chi connectivity index (χ3n) is 3.39. The van der Waals surface area contributed by atoms with E-state index in [1.165, 1.54) is 0 Å². The topological polar surface area (TPSA) is 73.2 Å². The maximum Gasteiger partial charge on any atom is 0.241 e. The highest BCUT2D eigenvalue weighted by atomic mass is 32.2. The molecule has 0 heterocycles. The molecule has 0 bridgehead atoms. The molecule has 2 aromatic rings. The summed E-state index contributed by atoms with van der Waals surface area (Å²) in [5.74, 6) is 0. The van der Waals surface area contributed by atoms with E-state index < -0.39 is 10.0 Å². The van der Waals surface area contributed by atoms with Gasteiger partial charge in [0, 0.05) is 43.5 Å². The molecule has 22 heavy (non-hydrogen) atoms. The summed E-state index contributed by atoms with van der Waals surface area (Å²) in [6, 6.07) is 12.9. The lowest BCUT2D eigenvalue weighted by molar-refractivity contribution is 0.580. The van der Waals surface area contributed by atoms with Gasteiger partial charge in [-0.25, -0.2) is 13.1 Å². The van der Waals surface area contributed by atoms with E-state index in [1.807, 2.05) is 49.3 Å². The van der Waals surface area contributed by atoms with Crippen LogP contribution >= 0.6 is 0 Å². The lowest BCUT2D eigenvalue weighted by atomic mass is 10.1. The summed E-state index contributed by atoms with van der Waals surface area (Å²) in [7, 11) is 0.266. The fourth-order valence-electron chi connectivity index (χ4n) is 2.34. The number of nitrogens with zero attached hydrogens (tertiary/aromatic N) is 2. The van der Waals surface area contributed by atoms with Gasteiger partial charge in [-0.2, -0.15) is 5.26 Å². The number of nitriles is 1. The Hall–Kier alpha value is -2.10. The average Bonchev–Trinajstić information content (AvgIpc) is 2.50. The maximum atomic E-state index is 12.5. The number of fused-ring (bicyclic) bond motifs is 1. The Labute approximate surface area is 131 Å². The van der Waals surface area contributed by atoms with Gasteiger partial charge < -0.3 is 4.90 Å². The molecular weight excluding hydrogens is 298 g/mol. The van der Waals surface area contributed by atoms with Crippen LogP contribution in [0.5, 0.6) is 0 Å². The lowest BCUT2D eigenvalue weighted by Gasteiger charge is -2.17. The molecule has 116 valence electrons. The van der Waals surface area contributed by atoms with Crippen LogP contribution < -0.4 is 9.62 Å². The van der Waals surface area contributed by atoms with Crippen LogP contribution in [0, 0.1) is 11.3 Å². The zero-order valence-electron chi connectivity index (χ0n) is 12.7. The van der Waals surface area contributed by atoms with Gasteiger partial charge in [-0.1, -0.05) is 24.3 Å². The minimum Gasteiger partial charge on any atom is -0.377 e. The van der Waals surface area contributed by atoms with E-state index in [2.05, 4.69) is 4.72 Å². The summed E-state index contributed by atoms with van der Waals surface area (Å²) in [5, 5.41) is 10.1. The van der Waals surface area contributed by atoms with Gasteiger partial charge in [0.25, 0.3) is 0 Å². The van der Waals surface area contributed by atoms with Crippen molar-refractivity contribution in [2.45, 2.75) is 17.7 Å². The molecule has 0 unspecified atom stereocenters. The van der Waals surface area contributed by atoms with Crippen LogP contribution in [0.3, 0.4) is 0 Å². The Kier molecular flexibility index (Phi) is 5.01. The number of hydrogen-bond donors (Lipinski definition) is 1. The molecule has 2 rings (SSSR count). The molecule has 0 spiro atoms. The highest BCUT2D eigenvalue weighted by molar-refractivity contribution is 7.89.